The third-order valence-corrected chi connectivity index (χ3v) is 3.09. The number of carboxylic acids is 1. The van der Waals surface area contributed by atoms with Gasteiger partial charge in [-0.2, -0.15) is 0 Å². The topological polar surface area (TPSA) is 92.5 Å². The molecule has 0 fully saturated rings. The molecule has 0 radical (unpaired) electrons. The summed E-state index contributed by atoms with van der Waals surface area (Å²) in [4.78, 5) is 21.3. The molecule has 2 aromatic carbocycles. The number of nitro groups is 1. The quantitative estimate of drug-likeness (QED) is 0.651. The lowest BCUT2D eigenvalue weighted by Crippen LogP contribution is -2.07. The Bertz CT molecular complexity index is 686. The maximum atomic E-state index is 11.1. The third-order valence-electron chi connectivity index (χ3n) is 2.84. The average Bonchev–Trinajstić information content (AvgIpc) is 2.46. The van der Waals surface area contributed by atoms with E-state index in [2.05, 4.69) is 5.32 Å². The summed E-state index contributed by atoms with van der Waals surface area (Å²) in [6.07, 6.45) is 0. The van der Waals surface area contributed by atoms with Gasteiger partial charge in [-0.15, -0.1) is 0 Å². The second kappa shape index (κ2) is 6.23. The zero-order chi connectivity index (χ0) is 15.4. The molecular formula is C14H11ClN2O4. The average molecular weight is 307 g/mol. The summed E-state index contributed by atoms with van der Waals surface area (Å²) < 4.78 is 0. The van der Waals surface area contributed by atoms with E-state index in [4.69, 9.17) is 16.7 Å². The van der Waals surface area contributed by atoms with Gasteiger partial charge in [-0.25, -0.2) is 4.79 Å². The van der Waals surface area contributed by atoms with Crippen LogP contribution in [0.5, 0.6) is 0 Å². The van der Waals surface area contributed by atoms with Crippen LogP contribution in [0.4, 0.5) is 11.4 Å². The van der Waals surface area contributed by atoms with Crippen molar-refractivity contribution < 1.29 is 14.8 Å². The number of halogens is 1. The number of nitro benzene ring substituents is 1. The van der Waals surface area contributed by atoms with Crippen LogP contribution in [-0.2, 0) is 6.54 Å². The first-order chi connectivity index (χ1) is 9.97. The van der Waals surface area contributed by atoms with Crippen molar-refractivity contribution in [1.29, 1.82) is 0 Å². The van der Waals surface area contributed by atoms with Crippen molar-refractivity contribution in [3.05, 3.63) is 68.7 Å². The number of benzene rings is 2. The number of nitrogens with one attached hydrogen (secondary N) is 1. The molecule has 2 rings (SSSR count). The smallest absolute Gasteiger partial charge is 0.337 e. The lowest BCUT2D eigenvalue weighted by molar-refractivity contribution is -0.384. The van der Waals surface area contributed by atoms with Crippen LogP contribution < -0.4 is 5.32 Å². The molecular weight excluding hydrogens is 296 g/mol. The summed E-state index contributed by atoms with van der Waals surface area (Å²) in [5, 5.41) is 23.4. The van der Waals surface area contributed by atoms with Gasteiger partial charge in [0.1, 0.15) is 0 Å². The molecule has 0 saturated heterocycles. The zero-order valence-electron chi connectivity index (χ0n) is 10.7. The van der Waals surface area contributed by atoms with Crippen LogP contribution in [0.15, 0.2) is 42.5 Å². The second-order valence-electron chi connectivity index (χ2n) is 4.27. The molecule has 0 saturated carbocycles. The van der Waals surface area contributed by atoms with Crippen molar-refractivity contribution in [3.8, 4) is 0 Å². The Labute approximate surface area is 125 Å². The number of hydrogen-bond donors (Lipinski definition) is 2. The zero-order valence-corrected chi connectivity index (χ0v) is 11.5. The minimum absolute atomic E-state index is 0.0189. The Morgan fingerprint density at radius 3 is 2.48 bits per heavy atom. The molecule has 0 aliphatic carbocycles. The van der Waals surface area contributed by atoms with E-state index in [9.17, 15) is 14.9 Å². The Morgan fingerprint density at radius 1 is 1.24 bits per heavy atom. The highest BCUT2D eigenvalue weighted by atomic mass is 35.5. The summed E-state index contributed by atoms with van der Waals surface area (Å²) in [5.74, 6) is -1.15. The molecule has 2 N–H and O–H groups in total. The third kappa shape index (κ3) is 3.70. The number of non-ortho nitro benzene ring substituents is 1. The molecule has 0 aliphatic heterocycles. The van der Waals surface area contributed by atoms with E-state index in [1.165, 1.54) is 12.1 Å². The number of rotatable bonds is 5. The highest BCUT2D eigenvalue weighted by molar-refractivity contribution is 6.30. The van der Waals surface area contributed by atoms with E-state index in [0.717, 1.165) is 11.6 Å². The van der Waals surface area contributed by atoms with Crippen molar-refractivity contribution >= 4 is 28.9 Å². The van der Waals surface area contributed by atoms with Gasteiger partial charge in [-0.1, -0.05) is 23.7 Å². The first-order valence-corrected chi connectivity index (χ1v) is 6.35. The van der Waals surface area contributed by atoms with Gasteiger partial charge in [-0.05, 0) is 23.8 Å². The Hall–Kier alpha value is -2.60. The van der Waals surface area contributed by atoms with Crippen molar-refractivity contribution in [3.63, 3.8) is 0 Å². The highest BCUT2D eigenvalue weighted by Gasteiger charge is 2.15. The number of carboxylic acid groups (broad SMARTS) is 1. The normalized spacial score (nSPS) is 10.1. The summed E-state index contributed by atoms with van der Waals surface area (Å²) in [7, 11) is 0. The Balaban J connectivity index is 2.24. The van der Waals surface area contributed by atoms with Gasteiger partial charge >= 0.3 is 5.97 Å². The molecule has 0 aliphatic rings. The summed E-state index contributed by atoms with van der Waals surface area (Å²) >= 11 is 5.78. The van der Waals surface area contributed by atoms with Crippen molar-refractivity contribution in [2.24, 2.45) is 0 Å². The van der Waals surface area contributed by atoms with Crippen LogP contribution >= 0.6 is 11.6 Å². The highest BCUT2D eigenvalue weighted by Crippen LogP contribution is 2.23. The molecule has 7 heteroatoms. The van der Waals surface area contributed by atoms with E-state index in [1.807, 2.05) is 0 Å². The molecule has 21 heavy (non-hydrogen) atoms. The van der Waals surface area contributed by atoms with Crippen LogP contribution in [0.3, 0.4) is 0 Å². The van der Waals surface area contributed by atoms with Crippen LogP contribution in [0.25, 0.3) is 0 Å². The number of hydrogen-bond acceptors (Lipinski definition) is 4. The lowest BCUT2D eigenvalue weighted by atomic mass is 10.1. The van der Waals surface area contributed by atoms with E-state index < -0.39 is 10.9 Å². The first-order valence-electron chi connectivity index (χ1n) is 5.97. The predicted molar refractivity (Wildman–Crippen MR) is 78.8 cm³/mol. The van der Waals surface area contributed by atoms with Gasteiger partial charge in [0.05, 0.1) is 16.2 Å². The van der Waals surface area contributed by atoms with E-state index in [0.29, 0.717) is 11.6 Å². The number of nitrogens with zero attached hydrogens (tertiary/aromatic N) is 1. The fourth-order valence-corrected chi connectivity index (χ4v) is 1.90. The van der Waals surface area contributed by atoms with Crippen molar-refractivity contribution in [2.75, 3.05) is 5.32 Å². The van der Waals surface area contributed by atoms with E-state index >= 15 is 0 Å². The predicted octanol–water partition coefficient (Wildman–Crippen LogP) is 3.56. The van der Waals surface area contributed by atoms with Crippen LogP contribution in [0.2, 0.25) is 5.02 Å². The minimum Gasteiger partial charge on any atom is -0.478 e. The number of anilines is 1. The molecule has 0 amide bonds. The molecule has 0 atom stereocenters. The number of aromatic carboxylic acids is 1. The molecule has 0 spiro atoms. The monoisotopic (exact) mass is 306 g/mol. The van der Waals surface area contributed by atoms with Crippen LogP contribution in [-0.4, -0.2) is 16.0 Å². The van der Waals surface area contributed by atoms with Gasteiger partial charge in [-0.3, -0.25) is 10.1 Å². The SMILES string of the molecule is O=C(O)c1ccc([N+](=O)[O-])cc1NCc1ccc(Cl)cc1. The van der Waals surface area contributed by atoms with Gasteiger partial charge in [0.2, 0.25) is 0 Å². The Morgan fingerprint density at radius 2 is 1.90 bits per heavy atom. The molecule has 0 unspecified atom stereocenters. The molecule has 0 bridgehead atoms. The van der Waals surface area contributed by atoms with Crippen LogP contribution in [0, 0.1) is 10.1 Å². The lowest BCUT2D eigenvalue weighted by Gasteiger charge is -2.09. The van der Waals surface area contributed by atoms with Crippen LogP contribution in [0.1, 0.15) is 15.9 Å². The Kier molecular flexibility index (Phi) is 4.39. The van der Waals surface area contributed by atoms with Crippen molar-refractivity contribution in [1.82, 2.24) is 0 Å². The second-order valence-corrected chi connectivity index (χ2v) is 4.71. The van der Waals surface area contributed by atoms with Gasteiger partial charge in [0.25, 0.3) is 5.69 Å². The maximum absolute atomic E-state index is 11.1. The van der Waals surface area contributed by atoms with E-state index in [-0.39, 0.29) is 16.9 Å². The van der Waals surface area contributed by atoms with E-state index in [1.54, 1.807) is 24.3 Å². The largest absolute Gasteiger partial charge is 0.478 e. The van der Waals surface area contributed by atoms with Crippen molar-refractivity contribution in [2.45, 2.75) is 6.54 Å². The fraction of sp³-hybridized carbons (Fsp3) is 0.0714. The first kappa shape index (κ1) is 14.8. The molecule has 0 aromatic heterocycles. The summed E-state index contributed by atoms with van der Waals surface area (Å²) in [6, 6.07) is 10.6. The standard InChI is InChI=1S/C14H11ClN2O4/c15-10-3-1-9(2-4-10)8-16-13-7-11(17(20)21)5-6-12(13)14(18)19/h1-7,16H,8H2,(H,18,19). The van der Waals surface area contributed by atoms with Gasteiger partial charge in [0.15, 0.2) is 0 Å². The number of carbonyl (C=O) groups is 1. The molecule has 6 nitrogen and oxygen atoms in total. The summed E-state index contributed by atoms with van der Waals surface area (Å²) in [6.45, 7) is 0.332. The van der Waals surface area contributed by atoms with Gasteiger partial charge in [0, 0.05) is 23.7 Å². The van der Waals surface area contributed by atoms with Gasteiger partial charge < -0.3 is 10.4 Å². The molecule has 0 heterocycles. The fourth-order valence-electron chi connectivity index (χ4n) is 1.78. The molecule has 108 valence electrons. The maximum Gasteiger partial charge on any atom is 0.337 e. The minimum atomic E-state index is -1.15. The molecule has 2 aromatic rings. The summed E-state index contributed by atoms with van der Waals surface area (Å²) in [5.41, 5.74) is 0.891.